The summed E-state index contributed by atoms with van der Waals surface area (Å²) in [4.78, 5) is 13.3. The molecule has 0 radical (unpaired) electrons. The lowest BCUT2D eigenvalue weighted by molar-refractivity contribution is 0.414. The number of halogens is 2. The number of nitrogens with zero attached hydrogens (tertiary/aromatic N) is 2. The maximum absolute atomic E-state index is 5.50. The monoisotopic (exact) mass is 712 g/mol. The Balaban J connectivity index is 1.66. The lowest BCUT2D eigenvalue weighted by Crippen LogP contribution is -2.00. The number of hydrogen-bond acceptors (Lipinski definition) is 6. The first-order valence-electron chi connectivity index (χ1n) is 13.1. The Kier molecular flexibility index (Phi) is 7.32. The van der Waals surface area contributed by atoms with Crippen molar-refractivity contribution >= 4 is 76.3 Å². The molecule has 0 unspecified atom stereocenters. The van der Waals surface area contributed by atoms with Gasteiger partial charge in [0.2, 0.25) is 0 Å². The third-order valence-electron chi connectivity index (χ3n) is 7.20. The standard InChI is InChI=1S/C34H22Br2N2O2S2/c1-39-21-11-7-19(8-12-21)31-32(20-9-13-22(40-2)14-10-20)38-34-30(26-16-18-28(36)42-26)24-6-4-3-5-23(24)29(33(34)37-31)25-15-17-27(35)41-25/h3-18H,1-2H3. The molecule has 4 aromatic carbocycles. The first-order valence-corrected chi connectivity index (χ1v) is 16.3. The second-order valence-corrected chi connectivity index (χ2v) is 14.5. The fourth-order valence-electron chi connectivity index (χ4n) is 5.25. The van der Waals surface area contributed by atoms with E-state index in [1.165, 1.54) is 0 Å². The molecule has 0 aliphatic rings. The average Bonchev–Trinajstić information content (AvgIpc) is 3.66. The van der Waals surface area contributed by atoms with Crippen LogP contribution in [-0.2, 0) is 0 Å². The SMILES string of the molecule is COc1ccc(-c2nc3c(-c4ccc(Br)s4)c4ccccc4c(-c4ccc(Br)s4)c3nc2-c2ccc(OC)cc2)cc1. The van der Waals surface area contributed by atoms with E-state index >= 15 is 0 Å². The highest BCUT2D eigenvalue weighted by atomic mass is 79.9. The molecule has 0 saturated carbocycles. The molecule has 0 aliphatic heterocycles. The normalized spacial score (nSPS) is 11.3. The van der Waals surface area contributed by atoms with Gasteiger partial charge in [-0.15, -0.1) is 22.7 Å². The van der Waals surface area contributed by atoms with Gasteiger partial charge < -0.3 is 9.47 Å². The van der Waals surface area contributed by atoms with Gasteiger partial charge in [0.1, 0.15) is 11.5 Å². The predicted molar refractivity (Wildman–Crippen MR) is 183 cm³/mol. The van der Waals surface area contributed by atoms with Gasteiger partial charge in [-0.25, -0.2) is 9.97 Å². The topological polar surface area (TPSA) is 44.2 Å². The number of benzene rings is 4. The van der Waals surface area contributed by atoms with Gasteiger partial charge in [0.15, 0.2) is 0 Å². The van der Waals surface area contributed by atoms with E-state index in [0.29, 0.717) is 0 Å². The smallest absolute Gasteiger partial charge is 0.118 e. The van der Waals surface area contributed by atoms with Crippen molar-refractivity contribution in [2.24, 2.45) is 0 Å². The van der Waals surface area contributed by atoms with Crippen LogP contribution >= 0.6 is 54.5 Å². The molecule has 0 N–H and O–H groups in total. The van der Waals surface area contributed by atoms with E-state index in [9.17, 15) is 0 Å². The summed E-state index contributed by atoms with van der Waals surface area (Å²) >= 11 is 10.8. The van der Waals surface area contributed by atoms with Crippen molar-refractivity contribution < 1.29 is 9.47 Å². The van der Waals surface area contributed by atoms with Gasteiger partial charge in [0, 0.05) is 32.0 Å². The molecular formula is C34H22Br2N2O2S2. The van der Waals surface area contributed by atoms with Crippen molar-refractivity contribution in [2.75, 3.05) is 14.2 Å². The molecule has 206 valence electrons. The molecule has 0 bridgehead atoms. The van der Waals surface area contributed by atoms with Crippen LogP contribution in [0.15, 0.2) is 105 Å². The van der Waals surface area contributed by atoms with Crippen LogP contribution in [0.25, 0.3) is 65.2 Å². The first kappa shape index (κ1) is 27.3. The molecule has 0 saturated heterocycles. The van der Waals surface area contributed by atoms with Gasteiger partial charge in [-0.2, -0.15) is 0 Å². The fraction of sp³-hybridized carbons (Fsp3) is 0.0588. The lowest BCUT2D eigenvalue weighted by atomic mass is 9.94. The molecule has 42 heavy (non-hydrogen) atoms. The van der Waals surface area contributed by atoms with Crippen LogP contribution in [0.2, 0.25) is 0 Å². The molecular weight excluding hydrogens is 692 g/mol. The Hall–Kier alpha value is -3.56. The molecule has 7 aromatic rings. The van der Waals surface area contributed by atoms with Gasteiger partial charge in [-0.3, -0.25) is 0 Å². The molecule has 3 aromatic heterocycles. The van der Waals surface area contributed by atoms with Gasteiger partial charge in [-0.05, 0) is 115 Å². The number of hydrogen-bond donors (Lipinski definition) is 0. The van der Waals surface area contributed by atoms with E-state index in [1.54, 1.807) is 36.9 Å². The van der Waals surface area contributed by atoms with Crippen LogP contribution in [0.1, 0.15) is 0 Å². The highest BCUT2D eigenvalue weighted by Crippen LogP contribution is 2.48. The molecule has 0 spiro atoms. The van der Waals surface area contributed by atoms with Gasteiger partial charge >= 0.3 is 0 Å². The Morgan fingerprint density at radius 1 is 0.524 bits per heavy atom. The van der Waals surface area contributed by atoms with Crippen LogP contribution in [0, 0.1) is 0 Å². The largest absolute Gasteiger partial charge is 0.497 e. The minimum atomic E-state index is 0.791. The minimum absolute atomic E-state index is 0.791. The molecule has 0 aliphatic carbocycles. The first-order chi connectivity index (χ1) is 20.5. The highest BCUT2D eigenvalue weighted by molar-refractivity contribution is 9.11. The quantitative estimate of drug-likeness (QED) is 0.161. The third-order valence-corrected chi connectivity index (χ3v) is 10.5. The minimum Gasteiger partial charge on any atom is -0.497 e. The summed E-state index contributed by atoms with van der Waals surface area (Å²) in [6.45, 7) is 0. The summed E-state index contributed by atoms with van der Waals surface area (Å²) < 4.78 is 13.0. The van der Waals surface area contributed by atoms with Gasteiger partial charge in [-0.1, -0.05) is 24.3 Å². The molecule has 3 heterocycles. The maximum atomic E-state index is 5.50. The van der Waals surface area contributed by atoms with Crippen LogP contribution in [0.5, 0.6) is 11.5 Å². The van der Waals surface area contributed by atoms with E-state index in [1.807, 2.05) is 48.5 Å². The predicted octanol–water partition coefficient (Wildman–Crippen LogP) is 11.1. The second kappa shape index (κ2) is 11.3. The molecule has 0 fully saturated rings. The van der Waals surface area contributed by atoms with Crippen molar-refractivity contribution in [1.82, 2.24) is 9.97 Å². The zero-order chi connectivity index (χ0) is 28.8. The average molecular weight is 715 g/mol. The summed E-state index contributed by atoms with van der Waals surface area (Å²) in [5, 5.41) is 2.29. The van der Waals surface area contributed by atoms with Crippen LogP contribution in [-0.4, -0.2) is 24.2 Å². The Labute approximate surface area is 267 Å². The van der Waals surface area contributed by atoms with Crippen molar-refractivity contribution in [3.63, 3.8) is 0 Å². The van der Waals surface area contributed by atoms with E-state index in [-0.39, 0.29) is 0 Å². The molecule has 4 nitrogen and oxygen atoms in total. The van der Waals surface area contributed by atoms with Gasteiger partial charge in [0.05, 0.1) is 44.2 Å². The van der Waals surface area contributed by atoms with Gasteiger partial charge in [0.25, 0.3) is 0 Å². The number of rotatable bonds is 6. The maximum Gasteiger partial charge on any atom is 0.118 e. The molecule has 0 amide bonds. The number of fused-ring (bicyclic) bond motifs is 2. The highest BCUT2D eigenvalue weighted by Gasteiger charge is 2.24. The van der Waals surface area contributed by atoms with Crippen molar-refractivity contribution in [3.05, 3.63) is 105 Å². The van der Waals surface area contributed by atoms with Crippen molar-refractivity contribution in [2.45, 2.75) is 0 Å². The molecule has 0 atom stereocenters. The summed E-state index contributed by atoms with van der Waals surface area (Å²) in [7, 11) is 3.35. The number of methoxy groups -OCH3 is 2. The summed E-state index contributed by atoms with van der Waals surface area (Å²) in [6, 6.07) is 33.1. The van der Waals surface area contributed by atoms with E-state index in [0.717, 1.165) is 84.3 Å². The Morgan fingerprint density at radius 2 is 0.929 bits per heavy atom. The Morgan fingerprint density at radius 3 is 1.26 bits per heavy atom. The van der Waals surface area contributed by atoms with Crippen molar-refractivity contribution in [3.8, 4) is 54.9 Å². The summed E-state index contributed by atoms with van der Waals surface area (Å²) in [5.74, 6) is 1.58. The van der Waals surface area contributed by atoms with Crippen LogP contribution in [0.3, 0.4) is 0 Å². The molecule has 7 rings (SSSR count). The van der Waals surface area contributed by atoms with E-state index < -0.39 is 0 Å². The number of aromatic nitrogens is 2. The Bertz CT molecular complexity index is 1930. The second-order valence-electron chi connectivity index (χ2n) is 9.58. The van der Waals surface area contributed by atoms with E-state index in [4.69, 9.17) is 19.4 Å². The summed E-state index contributed by atoms with van der Waals surface area (Å²) in [5.41, 5.74) is 7.43. The summed E-state index contributed by atoms with van der Waals surface area (Å²) in [6.07, 6.45) is 0. The third kappa shape index (κ3) is 4.82. The number of thiophene rings is 2. The number of ether oxygens (including phenoxy) is 2. The zero-order valence-corrected chi connectivity index (χ0v) is 27.3. The van der Waals surface area contributed by atoms with Crippen LogP contribution < -0.4 is 9.47 Å². The fourth-order valence-corrected chi connectivity index (χ4v) is 8.15. The zero-order valence-electron chi connectivity index (χ0n) is 22.5. The lowest BCUT2D eigenvalue weighted by Gasteiger charge is -2.18. The van der Waals surface area contributed by atoms with Crippen LogP contribution in [0.4, 0.5) is 0 Å². The molecule has 8 heteroatoms. The van der Waals surface area contributed by atoms with E-state index in [2.05, 4.69) is 80.4 Å². The van der Waals surface area contributed by atoms with Crippen molar-refractivity contribution in [1.29, 1.82) is 0 Å².